The Balaban J connectivity index is 1.55. The molecule has 28 heavy (non-hydrogen) atoms. The molecule has 2 fully saturated rings. The number of rotatable bonds is 5. The van der Waals surface area contributed by atoms with Crippen LogP contribution in [-0.2, 0) is 22.0 Å². The first-order valence-corrected chi connectivity index (χ1v) is 9.42. The standard InChI is InChI=1S/C19H25N5O4/c1-12-20-18(28-22-12)19-8-14(21-17(26)15-5-4-6-23(15)2)7-13(19)9-24(11-19)16(25)10-27-3/h4-6,13-14H,7-11H2,1-3H3,(H,21,26)/t13-,14+,19-/m0/s1. The van der Waals surface area contributed by atoms with Crippen LogP contribution in [0.4, 0.5) is 0 Å². The van der Waals surface area contributed by atoms with Crippen LogP contribution in [0.1, 0.15) is 35.0 Å². The monoisotopic (exact) mass is 387 g/mol. The molecule has 3 atom stereocenters. The number of fused-ring (bicyclic) bond motifs is 1. The number of hydrogen-bond acceptors (Lipinski definition) is 6. The summed E-state index contributed by atoms with van der Waals surface area (Å²) in [7, 11) is 3.36. The van der Waals surface area contributed by atoms with Gasteiger partial charge in [0, 0.05) is 39.5 Å². The van der Waals surface area contributed by atoms with Crippen molar-refractivity contribution >= 4 is 11.8 Å². The summed E-state index contributed by atoms with van der Waals surface area (Å²) in [5.41, 5.74) is 0.188. The van der Waals surface area contributed by atoms with Crippen molar-refractivity contribution < 1.29 is 18.8 Å². The van der Waals surface area contributed by atoms with Crippen molar-refractivity contribution in [3.63, 3.8) is 0 Å². The topological polar surface area (TPSA) is 102 Å². The number of methoxy groups -OCH3 is 1. The Morgan fingerprint density at radius 2 is 2.29 bits per heavy atom. The third-order valence-electron chi connectivity index (χ3n) is 5.96. The summed E-state index contributed by atoms with van der Waals surface area (Å²) in [6.45, 7) is 2.93. The molecule has 0 bridgehead atoms. The molecular weight excluding hydrogens is 362 g/mol. The van der Waals surface area contributed by atoms with E-state index in [0.29, 0.717) is 36.9 Å². The minimum absolute atomic E-state index is 0.0146. The van der Waals surface area contributed by atoms with Crippen molar-refractivity contribution in [2.75, 3.05) is 26.8 Å². The second-order valence-electron chi connectivity index (χ2n) is 7.82. The molecule has 1 aliphatic carbocycles. The zero-order valence-electron chi connectivity index (χ0n) is 16.3. The summed E-state index contributed by atoms with van der Waals surface area (Å²) in [6, 6.07) is 3.63. The van der Waals surface area contributed by atoms with Crippen LogP contribution in [0.5, 0.6) is 0 Å². The van der Waals surface area contributed by atoms with Gasteiger partial charge in [-0.3, -0.25) is 9.59 Å². The molecule has 1 saturated heterocycles. The van der Waals surface area contributed by atoms with Crippen molar-refractivity contribution in [1.29, 1.82) is 0 Å². The third-order valence-corrected chi connectivity index (χ3v) is 5.96. The lowest BCUT2D eigenvalue weighted by molar-refractivity contribution is -0.134. The molecule has 3 heterocycles. The van der Waals surface area contributed by atoms with Gasteiger partial charge in [0.2, 0.25) is 11.8 Å². The molecule has 2 aliphatic rings. The van der Waals surface area contributed by atoms with E-state index >= 15 is 0 Å². The average molecular weight is 387 g/mol. The third kappa shape index (κ3) is 3.09. The molecule has 1 N–H and O–H groups in total. The zero-order chi connectivity index (χ0) is 19.9. The Morgan fingerprint density at radius 1 is 1.46 bits per heavy atom. The van der Waals surface area contributed by atoms with Crippen LogP contribution in [0.25, 0.3) is 0 Å². The molecule has 2 aromatic heterocycles. The smallest absolute Gasteiger partial charge is 0.268 e. The van der Waals surface area contributed by atoms with Gasteiger partial charge in [0.1, 0.15) is 12.3 Å². The van der Waals surface area contributed by atoms with E-state index < -0.39 is 5.41 Å². The van der Waals surface area contributed by atoms with Gasteiger partial charge in [-0.05, 0) is 37.8 Å². The van der Waals surface area contributed by atoms with E-state index in [1.807, 2.05) is 24.2 Å². The summed E-state index contributed by atoms with van der Waals surface area (Å²) in [5.74, 6) is 1.13. The normalized spacial score (nSPS) is 26.5. The van der Waals surface area contributed by atoms with Crippen molar-refractivity contribution in [2.45, 2.75) is 31.2 Å². The van der Waals surface area contributed by atoms with E-state index in [-0.39, 0.29) is 30.4 Å². The number of nitrogens with zero attached hydrogens (tertiary/aromatic N) is 4. The maximum absolute atomic E-state index is 12.6. The maximum atomic E-state index is 12.6. The van der Waals surface area contributed by atoms with E-state index in [1.165, 1.54) is 7.11 Å². The van der Waals surface area contributed by atoms with Crippen LogP contribution in [0.15, 0.2) is 22.9 Å². The minimum atomic E-state index is -0.434. The van der Waals surface area contributed by atoms with E-state index in [9.17, 15) is 9.59 Å². The number of hydrogen-bond donors (Lipinski definition) is 1. The second-order valence-corrected chi connectivity index (χ2v) is 7.82. The molecule has 0 unspecified atom stereocenters. The fraction of sp³-hybridized carbons (Fsp3) is 0.579. The quantitative estimate of drug-likeness (QED) is 0.808. The number of aryl methyl sites for hydroxylation is 2. The minimum Gasteiger partial charge on any atom is -0.375 e. The van der Waals surface area contributed by atoms with Crippen LogP contribution < -0.4 is 5.32 Å². The van der Waals surface area contributed by atoms with Gasteiger partial charge in [-0.25, -0.2) is 0 Å². The van der Waals surface area contributed by atoms with Crippen LogP contribution in [-0.4, -0.2) is 64.3 Å². The highest BCUT2D eigenvalue weighted by atomic mass is 16.5. The highest BCUT2D eigenvalue weighted by Gasteiger charge is 2.58. The number of ether oxygens (including phenoxy) is 1. The molecule has 2 aromatic rings. The molecule has 9 nitrogen and oxygen atoms in total. The highest BCUT2D eigenvalue weighted by Crippen LogP contribution is 2.50. The van der Waals surface area contributed by atoms with Crippen LogP contribution in [0, 0.1) is 12.8 Å². The van der Waals surface area contributed by atoms with Crippen molar-refractivity contribution in [2.24, 2.45) is 13.0 Å². The molecule has 9 heteroatoms. The van der Waals surface area contributed by atoms with Gasteiger partial charge in [-0.15, -0.1) is 0 Å². The summed E-state index contributed by atoms with van der Waals surface area (Å²) in [4.78, 5) is 31.3. The van der Waals surface area contributed by atoms with Gasteiger partial charge in [-0.2, -0.15) is 4.98 Å². The summed E-state index contributed by atoms with van der Waals surface area (Å²) in [6.07, 6.45) is 3.26. The van der Waals surface area contributed by atoms with Gasteiger partial charge in [0.25, 0.3) is 5.91 Å². The van der Waals surface area contributed by atoms with Gasteiger partial charge in [0.05, 0.1) is 5.41 Å². The lowest BCUT2D eigenvalue weighted by Gasteiger charge is -2.25. The van der Waals surface area contributed by atoms with Crippen molar-refractivity contribution in [3.05, 3.63) is 35.7 Å². The molecule has 2 amide bonds. The SMILES string of the molecule is COCC(=O)N1C[C@@H]2C[C@@H](NC(=O)c3cccn3C)C[C@]2(c2nc(C)no2)C1. The molecule has 0 aromatic carbocycles. The number of aromatic nitrogens is 3. The summed E-state index contributed by atoms with van der Waals surface area (Å²) in [5, 5.41) is 7.10. The second kappa shape index (κ2) is 7.05. The Hall–Kier alpha value is -2.68. The lowest BCUT2D eigenvalue weighted by Crippen LogP contribution is -2.40. The van der Waals surface area contributed by atoms with Crippen LogP contribution in [0.3, 0.4) is 0 Å². The van der Waals surface area contributed by atoms with Crippen LogP contribution in [0.2, 0.25) is 0 Å². The first-order valence-electron chi connectivity index (χ1n) is 9.42. The number of carbonyl (C=O) groups excluding carboxylic acids is 2. The number of amides is 2. The van der Waals surface area contributed by atoms with E-state index in [1.54, 1.807) is 17.6 Å². The molecule has 1 aliphatic heterocycles. The lowest BCUT2D eigenvalue weighted by atomic mass is 9.80. The number of nitrogens with one attached hydrogen (secondary N) is 1. The fourth-order valence-corrected chi connectivity index (χ4v) is 4.67. The molecule has 150 valence electrons. The number of likely N-dealkylation sites (tertiary alicyclic amines) is 1. The van der Waals surface area contributed by atoms with Crippen LogP contribution >= 0.6 is 0 Å². The molecule has 4 rings (SSSR count). The first kappa shape index (κ1) is 18.7. The predicted molar refractivity (Wildman–Crippen MR) is 98.6 cm³/mol. The molecule has 0 radical (unpaired) electrons. The Kier molecular flexibility index (Phi) is 4.70. The van der Waals surface area contributed by atoms with E-state index in [2.05, 4.69) is 15.5 Å². The predicted octanol–water partition coefficient (Wildman–Crippen LogP) is 0.652. The average Bonchev–Trinajstić information content (AvgIpc) is 3.38. The van der Waals surface area contributed by atoms with Crippen molar-refractivity contribution in [3.8, 4) is 0 Å². The molecular formula is C19H25N5O4. The largest absolute Gasteiger partial charge is 0.375 e. The summed E-state index contributed by atoms with van der Waals surface area (Å²) < 4.78 is 12.3. The maximum Gasteiger partial charge on any atom is 0.268 e. The Bertz CT molecular complexity index is 891. The zero-order valence-corrected chi connectivity index (χ0v) is 16.3. The summed E-state index contributed by atoms with van der Waals surface area (Å²) >= 11 is 0. The van der Waals surface area contributed by atoms with Crippen molar-refractivity contribution in [1.82, 2.24) is 24.9 Å². The highest BCUT2D eigenvalue weighted by molar-refractivity contribution is 5.93. The van der Waals surface area contributed by atoms with Gasteiger partial charge < -0.3 is 24.0 Å². The van der Waals surface area contributed by atoms with E-state index in [4.69, 9.17) is 9.26 Å². The molecule has 0 spiro atoms. The Morgan fingerprint density at radius 3 is 2.93 bits per heavy atom. The number of carbonyl (C=O) groups is 2. The first-order chi connectivity index (χ1) is 13.4. The molecule has 1 saturated carbocycles. The van der Waals surface area contributed by atoms with Gasteiger partial charge in [0.15, 0.2) is 5.82 Å². The fourth-order valence-electron chi connectivity index (χ4n) is 4.67. The van der Waals surface area contributed by atoms with Gasteiger partial charge >= 0.3 is 0 Å². The van der Waals surface area contributed by atoms with Gasteiger partial charge in [-0.1, -0.05) is 5.16 Å². The Labute approximate surface area is 163 Å². The van der Waals surface area contributed by atoms with E-state index in [0.717, 1.165) is 6.42 Å².